The average molecular weight is 445 g/mol. The van der Waals surface area contributed by atoms with E-state index < -0.39 is 10.0 Å². The van der Waals surface area contributed by atoms with Crippen LogP contribution in [-0.4, -0.2) is 27.6 Å². The number of hydrogen-bond acceptors (Lipinski definition) is 4. The molecular weight excluding hydrogens is 423 g/mol. The molecule has 5 nitrogen and oxygen atoms in total. The molecule has 3 aromatic carbocycles. The Hall–Kier alpha value is -2.84. The van der Waals surface area contributed by atoms with Gasteiger partial charge in [-0.2, -0.15) is 0 Å². The van der Waals surface area contributed by atoms with Gasteiger partial charge < -0.3 is 5.32 Å². The monoisotopic (exact) mass is 444 g/mol. The van der Waals surface area contributed by atoms with Crippen molar-refractivity contribution in [1.82, 2.24) is 5.32 Å². The lowest BCUT2D eigenvalue weighted by molar-refractivity contribution is 0.0951. The zero-order valence-corrected chi connectivity index (χ0v) is 18.1. The Bertz CT molecular complexity index is 1110. The number of carbonyl (C=O) groups is 1. The van der Waals surface area contributed by atoms with Crippen molar-refractivity contribution >= 4 is 33.4 Å². The number of carbonyl (C=O) groups excluding carboxylic acids is 1. The number of nitrogens with zero attached hydrogens (tertiary/aromatic N) is 1. The highest BCUT2D eigenvalue weighted by Crippen LogP contribution is 2.24. The molecule has 0 saturated heterocycles. The van der Waals surface area contributed by atoms with Crippen molar-refractivity contribution < 1.29 is 17.6 Å². The summed E-state index contributed by atoms with van der Waals surface area (Å²) in [7, 11) is -2.23. The minimum absolute atomic E-state index is 0.198. The number of amides is 1. The number of benzene rings is 3. The number of nitrogens with one attached hydrogen (secondary N) is 1. The van der Waals surface area contributed by atoms with E-state index in [1.54, 1.807) is 60.7 Å². The molecule has 0 aliphatic rings. The van der Waals surface area contributed by atoms with Crippen molar-refractivity contribution in [3.8, 4) is 0 Å². The van der Waals surface area contributed by atoms with Gasteiger partial charge >= 0.3 is 0 Å². The largest absolute Gasteiger partial charge is 0.348 e. The van der Waals surface area contributed by atoms with Crippen LogP contribution < -0.4 is 9.62 Å². The normalized spacial score (nSPS) is 11.2. The highest BCUT2D eigenvalue weighted by atomic mass is 32.2. The summed E-state index contributed by atoms with van der Waals surface area (Å²) in [6, 6.07) is 18.9. The summed E-state index contributed by atoms with van der Waals surface area (Å²) >= 11 is 1.54. The first kappa shape index (κ1) is 21.9. The second-order valence-corrected chi connectivity index (χ2v) is 9.35. The van der Waals surface area contributed by atoms with Gasteiger partial charge in [-0.3, -0.25) is 9.10 Å². The first-order chi connectivity index (χ1) is 14.3. The third kappa shape index (κ3) is 5.01. The Morgan fingerprint density at radius 3 is 2.13 bits per heavy atom. The van der Waals surface area contributed by atoms with E-state index in [9.17, 15) is 17.6 Å². The van der Waals surface area contributed by atoms with Gasteiger partial charge in [-0.25, -0.2) is 12.8 Å². The van der Waals surface area contributed by atoms with Gasteiger partial charge in [0.2, 0.25) is 0 Å². The fraction of sp³-hybridized carbons (Fsp3) is 0.136. The maximum Gasteiger partial charge on any atom is 0.264 e. The third-order valence-electron chi connectivity index (χ3n) is 4.58. The van der Waals surface area contributed by atoms with Gasteiger partial charge in [-0.15, -0.1) is 11.8 Å². The van der Waals surface area contributed by atoms with E-state index in [1.807, 2.05) is 6.26 Å². The average Bonchev–Trinajstić information content (AvgIpc) is 2.78. The van der Waals surface area contributed by atoms with Crippen LogP contribution in [0.25, 0.3) is 0 Å². The Labute approximate surface area is 180 Å². The van der Waals surface area contributed by atoms with E-state index in [2.05, 4.69) is 5.32 Å². The van der Waals surface area contributed by atoms with E-state index >= 15 is 0 Å². The standard InChI is InChI=1S/C22H21FN2O3S2/c1-25(30(27,28)21-13-11-20(29-2)12-14-21)19-9-5-17(6-10-19)22(26)24-15-16-3-7-18(23)8-4-16/h3-14H,15H2,1-2H3,(H,24,26). The summed E-state index contributed by atoms with van der Waals surface area (Å²) in [5.41, 5.74) is 1.62. The van der Waals surface area contributed by atoms with Crippen LogP contribution in [0.5, 0.6) is 0 Å². The topological polar surface area (TPSA) is 66.5 Å². The molecule has 0 aromatic heterocycles. The van der Waals surface area contributed by atoms with E-state index in [0.717, 1.165) is 10.5 Å². The van der Waals surface area contributed by atoms with Crippen molar-refractivity contribution in [1.29, 1.82) is 0 Å². The van der Waals surface area contributed by atoms with Gasteiger partial charge in [0, 0.05) is 24.1 Å². The quantitative estimate of drug-likeness (QED) is 0.552. The molecule has 0 atom stereocenters. The van der Waals surface area contributed by atoms with Crippen LogP contribution >= 0.6 is 11.8 Å². The molecule has 0 unspecified atom stereocenters. The predicted octanol–water partition coefficient (Wildman–Crippen LogP) is 4.30. The van der Waals surface area contributed by atoms with Crippen LogP contribution in [0.4, 0.5) is 10.1 Å². The highest BCUT2D eigenvalue weighted by Gasteiger charge is 2.21. The maximum absolute atomic E-state index is 12.9. The van der Waals surface area contributed by atoms with Crippen molar-refractivity contribution in [3.63, 3.8) is 0 Å². The molecule has 1 amide bonds. The van der Waals surface area contributed by atoms with E-state index in [4.69, 9.17) is 0 Å². The summed E-state index contributed by atoms with van der Waals surface area (Å²) < 4.78 is 39.8. The number of thioether (sulfide) groups is 1. The molecule has 156 valence electrons. The molecule has 30 heavy (non-hydrogen) atoms. The molecule has 0 spiro atoms. The first-order valence-electron chi connectivity index (χ1n) is 9.07. The Morgan fingerprint density at radius 2 is 1.57 bits per heavy atom. The summed E-state index contributed by atoms with van der Waals surface area (Å²) in [4.78, 5) is 13.5. The van der Waals surface area contributed by atoms with Gasteiger partial charge in [0.05, 0.1) is 10.6 Å². The SMILES string of the molecule is CSc1ccc(S(=O)(=O)N(C)c2ccc(C(=O)NCc3ccc(F)cc3)cc2)cc1. The van der Waals surface area contributed by atoms with Gasteiger partial charge in [0.1, 0.15) is 5.82 Å². The van der Waals surface area contributed by atoms with Crippen LogP contribution in [0.3, 0.4) is 0 Å². The molecule has 0 heterocycles. The number of hydrogen-bond donors (Lipinski definition) is 1. The van der Waals surface area contributed by atoms with Crippen molar-refractivity contribution in [3.05, 3.63) is 89.7 Å². The fourth-order valence-corrected chi connectivity index (χ4v) is 4.36. The molecule has 0 fully saturated rings. The maximum atomic E-state index is 12.9. The van der Waals surface area contributed by atoms with E-state index in [1.165, 1.54) is 35.2 Å². The van der Waals surface area contributed by atoms with Crippen molar-refractivity contribution in [2.45, 2.75) is 16.3 Å². The molecule has 1 N–H and O–H groups in total. The summed E-state index contributed by atoms with van der Waals surface area (Å²) in [6.07, 6.45) is 1.92. The van der Waals surface area contributed by atoms with E-state index in [-0.39, 0.29) is 23.2 Å². The molecule has 8 heteroatoms. The molecule has 0 aliphatic heterocycles. The van der Waals surface area contributed by atoms with Crippen LogP contribution in [-0.2, 0) is 16.6 Å². The molecule has 0 aliphatic carbocycles. The predicted molar refractivity (Wildman–Crippen MR) is 118 cm³/mol. The van der Waals surface area contributed by atoms with Crippen LogP contribution in [0.15, 0.2) is 82.6 Å². The zero-order chi connectivity index (χ0) is 21.7. The summed E-state index contributed by atoms with van der Waals surface area (Å²) in [5, 5.41) is 2.76. The molecule has 3 rings (SSSR count). The Morgan fingerprint density at radius 1 is 0.967 bits per heavy atom. The smallest absolute Gasteiger partial charge is 0.264 e. The highest BCUT2D eigenvalue weighted by molar-refractivity contribution is 7.98. The van der Waals surface area contributed by atoms with Gasteiger partial charge in [-0.1, -0.05) is 12.1 Å². The van der Waals surface area contributed by atoms with Gasteiger partial charge in [0.25, 0.3) is 15.9 Å². The Balaban J connectivity index is 1.68. The molecule has 0 radical (unpaired) electrons. The number of sulfonamides is 1. The molecular formula is C22H21FN2O3S2. The number of rotatable bonds is 7. The second kappa shape index (κ2) is 9.32. The zero-order valence-electron chi connectivity index (χ0n) is 16.5. The number of anilines is 1. The fourth-order valence-electron chi connectivity index (χ4n) is 2.75. The lowest BCUT2D eigenvalue weighted by Crippen LogP contribution is -2.27. The Kier molecular flexibility index (Phi) is 6.79. The minimum atomic E-state index is -3.71. The van der Waals surface area contributed by atoms with Crippen molar-refractivity contribution in [2.24, 2.45) is 0 Å². The van der Waals surface area contributed by atoms with Gasteiger partial charge in [-0.05, 0) is 72.5 Å². The molecule has 3 aromatic rings. The lowest BCUT2D eigenvalue weighted by Gasteiger charge is -2.20. The molecule has 0 bridgehead atoms. The lowest BCUT2D eigenvalue weighted by atomic mass is 10.1. The van der Waals surface area contributed by atoms with Crippen LogP contribution in [0, 0.1) is 5.82 Å². The van der Waals surface area contributed by atoms with E-state index in [0.29, 0.717) is 11.3 Å². The third-order valence-corrected chi connectivity index (χ3v) is 7.12. The minimum Gasteiger partial charge on any atom is -0.348 e. The first-order valence-corrected chi connectivity index (χ1v) is 11.7. The van der Waals surface area contributed by atoms with Gasteiger partial charge in [0.15, 0.2) is 0 Å². The summed E-state index contributed by atoms with van der Waals surface area (Å²) in [6.45, 7) is 0.265. The van der Waals surface area contributed by atoms with Crippen LogP contribution in [0.1, 0.15) is 15.9 Å². The second-order valence-electron chi connectivity index (χ2n) is 6.50. The summed E-state index contributed by atoms with van der Waals surface area (Å²) in [5.74, 6) is -0.635. The van der Waals surface area contributed by atoms with Crippen molar-refractivity contribution in [2.75, 3.05) is 17.6 Å². The molecule has 0 saturated carbocycles. The van der Waals surface area contributed by atoms with Crippen LogP contribution in [0.2, 0.25) is 0 Å². The number of halogens is 1.